The third-order valence-corrected chi connectivity index (χ3v) is 1.52. The third-order valence-electron chi connectivity index (χ3n) is 1.52. The minimum Gasteiger partial charge on any atom is -0.460 e. The van der Waals surface area contributed by atoms with Gasteiger partial charge in [-0.1, -0.05) is 0 Å². The van der Waals surface area contributed by atoms with Crippen molar-refractivity contribution < 1.29 is 4.74 Å². The first-order chi connectivity index (χ1) is 6.69. The highest BCUT2D eigenvalue weighted by molar-refractivity contribution is 5.66. The summed E-state index contributed by atoms with van der Waals surface area (Å²) in [5.41, 5.74) is 11.4. The lowest BCUT2D eigenvalue weighted by atomic mass is 10.5. The fraction of sp³-hybridized carbons (Fsp3) is 0.429. The molecule has 14 heavy (non-hydrogen) atoms. The molecule has 0 unspecified atom stereocenters. The summed E-state index contributed by atoms with van der Waals surface area (Å²) in [7, 11) is 3.44. The molecule has 0 saturated heterocycles. The molecule has 0 atom stereocenters. The first-order valence-corrected chi connectivity index (χ1v) is 4.07. The van der Waals surface area contributed by atoms with E-state index in [9.17, 15) is 0 Å². The van der Waals surface area contributed by atoms with Crippen molar-refractivity contribution in [2.24, 2.45) is 0 Å². The fourth-order valence-electron chi connectivity index (χ4n) is 0.828. The number of hydrogen-bond donors (Lipinski definition) is 4. The second kappa shape index (κ2) is 4.47. The second-order valence-corrected chi connectivity index (χ2v) is 2.54. The van der Waals surface area contributed by atoms with Gasteiger partial charge in [0.05, 0.1) is 0 Å². The first-order valence-electron chi connectivity index (χ1n) is 4.07. The number of hydrogen-bond acceptors (Lipinski definition) is 7. The molecule has 1 rings (SSSR count). The number of ether oxygens (including phenoxy) is 1. The molecule has 7 heteroatoms. The minimum absolute atomic E-state index is 0.204. The van der Waals surface area contributed by atoms with E-state index in [2.05, 4.69) is 20.6 Å². The van der Waals surface area contributed by atoms with E-state index in [0.717, 1.165) is 0 Å². The molecule has 0 aliphatic heterocycles. The van der Waals surface area contributed by atoms with Gasteiger partial charge in [-0.25, -0.2) is 0 Å². The predicted octanol–water partition coefficient (Wildman–Crippen LogP) is -0.762. The summed E-state index contributed by atoms with van der Waals surface area (Å²) >= 11 is 0. The molecule has 0 bridgehead atoms. The van der Waals surface area contributed by atoms with Gasteiger partial charge in [-0.2, -0.15) is 9.97 Å². The summed E-state index contributed by atoms with van der Waals surface area (Å²) in [6.07, 6.45) is 0. The topological polar surface area (TPSA) is 111 Å². The SMILES string of the molecule is CNCOc1nc(NC)nc(N)c1N. The Kier molecular flexibility index (Phi) is 3.29. The van der Waals surface area contributed by atoms with E-state index in [4.69, 9.17) is 16.2 Å². The van der Waals surface area contributed by atoms with Crippen LogP contribution >= 0.6 is 0 Å². The Morgan fingerprint density at radius 3 is 2.57 bits per heavy atom. The van der Waals surface area contributed by atoms with Crippen molar-refractivity contribution in [1.82, 2.24) is 15.3 Å². The second-order valence-electron chi connectivity index (χ2n) is 2.54. The van der Waals surface area contributed by atoms with Crippen molar-refractivity contribution in [2.75, 3.05) is 37.6 Å². The van der Waals surface area contributed by atoms with Crippen LogP contribution < -0.4 is 26.8 Å². The third kappa shape index (κ3) is 2.13. The van der Waals surface area contributed by atoms with Crippen molar-refractivity contribution in [3.63, 3.8) is 0 Å². The van der Waals surface area contributed by atoms with Crippen LogP contribution in [-0.2, 0) is 0 Å². The number of nitrogen functional groups attached to an aromatic ring is 2. The monoisotopic (exact) mass is 198 g/mol. The van der Waals surface area contributed by atoms with Crippen LogP contribution in [0.5, 0.6) is 5.88 Å². The molecule has 78 valence electrons. The van der Waals surface area contributed by atoms with Gasteiger partial charge in [-0.15, -0.1) is 0 Å². The average molecular weight is 198 g/mol. The zero-order valence-corrected chi connectivity index (χ0v) is 8.16. The highest BCUT2D eigenvalue weighted by atomic mass is 16.5. The van der Waals surface area contributed by atoms with Gasteiger partial charge in [0, 0.05) is 7.05 Å². The molecule has 0 spiro atoms. The summed E-state index contributed by atoms with van der Waals surface area (Å²) in [5, 5.41) is 5.55. The molecule has 0 aliphatic rings. The van der Waals surface area contributed by atoms with Gasteiger partial charge >= 0.3 is 0 Å². The highest BCUT2D eigenvalue weighted by Gasteiger charge is 2.09. The molecule has 0 aliphatic carbocycles. The zero-order valence-electron chi connectivity index (χ0n) is 8.16. The van der Waals surface area contributed by atoms with Crippen LogP contribution in [0.3, 0.4) is 0 Å². The maximum atomic E-state index is 5.62. The largest absolute Gasteiger partial charge is 0.460 e. The van der Waals surface area contributed by atoms with E-state index in [0.29, 0.717) is 12.7 Å². The van der Waals surface area contributed by atoms with Gasteiger partial charge in [0.25, 0.3) is 0 Å². The summed E-state index contributed by atoms with van der Waals surface area (Å²) < 4.78 is 5.20. The number of rotatable bonds is 4. The smallest absolute Gasteiger partial charge is 0.245 e. The maximum Gasteiger partial charge on any atom is 0.245 e. The zero-order chi connectivity index (χ0) is 10.6. The van der Waals surface area contributed by atoms with Crippen LogP contribution in [0.4, 0.5) is 17.5 Å². The average Bonchev–Trinajstić information content (AvgIpc) is 2.20. The molecule has 7 nitrogen and oxygen atoms in total. The van der Waals surface area contributed by atoms with Crippen LogP contribution in [0.25, 0.3) is 0 Å². The summed E-state index contributed by atoms with van der Waals surface area (Å²) in [6.45, 7) is 0.309. The molecule has 0 amide bonds. The summed E-state index contributed by atoms with van der Waals surface area (Å²) in [4.78, 5) is 7.89. The van der Waals surface area contributed by atoms with Crippen molar-refractivity contribution in [3.8, 4) is 5.88 Å². The Bertz CT molecular complexity index is 315. The van der Waals surface area contributed by atoms with Crippen LogP contribution in [0.2, 0.25) is 0 Å². The normalized spacial score (nSPS) is 9.86. The number of nitrogens with one attached hydrogen (secondary N) is 2. The molecule has 6 N–H and O–H groups in total. The van der Waals surface area contributed by atoms with E-state index < -0.39 is 0 Å². The first kappa shape index (κ1) is 10.3. The van der Waals surface area contributed by atoms with Crippen molar-refractivity contribution in [2.45, 2.75) is 0 Å². The molecule has 1 aromatic rings. The summed E-state index contributed by atoms with van der Waals surface area (Å²) in [6, 6.07) is 0. The molecule has 0 fully saturated rings. The van der Waals surface area contributed by atoms with Gasteiger partial charge in [-0.3, -0.25) is 5.32 Å². The van der Waals surface area contributed by atoms with E-state index in [1.807, 2.05) is 0 Å². The van der Waals surface area contributed by atoms with Gasteiger partial charge in [0.15, 0.2) is 5.82 Å². The number of nitrogens with zero attached hydrogens (tertiary/aromatic N) is 2. The number of nitrogens with two attached hydrogens (primary N) is 2. The standard InChI is InChI=1S/C7H14N6O/c1-10-3-14-6-4(8)5(9)12-7(11-2)13-6/h10H,3,8H2,1-2H3,(H3,9,11,12,13). The van der Waals surface area contributed by atoms with E-state index >= 15 is 0 Å². The van der Waals surface area contributed by atoms with Crippen LogP contribution in [0, 0.1) is 0 Å². The lowest BCUT2D eigenvalue weighted by Gasteiger charge is -2.09. The van der Waals surface area contributed by atoms with E-state index in [1.54, 1.807) is 14.1 Å². The van der Waals surface area contributed by atoms with Gasteiger partial charge in [-0.05, 0) is 7.05 Å². The molecule has 0 aromatic carbocycles. The fourth-order valence-corrected chi connectivity index (χ4v) is 0.828. The van der Waals surface area contributed by atoms with E-state index in [1.165, 1.54) is 0 Å². The van der Waals surface area contributed by atoms with Crippen LogP contribution in [0.15, 0.2) is 0 Å². The van der Waals surface area contributed by atoms with Crippen LogP contribution in [0.1, 0.15) is 0 Å². The van der Waals surface area contributed by atoms with Crippen molar-refractivity contribution in [3.05, 3.63) is 0 Å². The van der Waals surface area contributed by atoms with Crippen molar-refractivity contribution >= 4 is 17.5 Å². The number of anilines is 3. The maximum absolute atomic E-state index is 5.62. The molecule has 1 heterocycles. The molecule has 1 aromatic heterocycles. The molecule has 0 saturated carbocycles. The Balaban J connectivity index is 2.95. The quantitative estimate of drug-likeness (QED) is 0.470. The van der Waals surface area contributed by atoms with Crippen molar-refractivity contribution in [1.29, 1.82) is 0 Å². The Labute approximate surface area is 81.9 Å². The predicted molar refractivity (Wildman–Crippen MR) is 55.0 cm³/mol. The lowest BCUT2D eigenvalue weighted by molar-refractivity contribution is 0.287. The molecular weight excluding hydrogens is 184 g/mol. The Morgan fingerprint density at radius 1 is 1.29 bits per heavy atom. The van der Waals surface area contributed by atoms with Gasteiger partial charge in [0.2, 0.25) is 11.8 Å². The Morgan fingerprint density at radius 2 is 2.00 bits per heavy atom. The minimum atomic E-state index is 0.204. The van der Waals surface area contributed by atoms with E-state index in [-0.39, 0.29) is 17.4 Å². The Hall–Kier alpha value is -1.76. The lowest BCUT2D eigenvalue weighted by Crippen LogP contribution is -2.17. The molecular formula is C7H14N6O. The van der Waals surface area contributed by atoms with Crippen LogP contribution in [-0.4, -0.2) is 30.8 Å². The highest BCUT2D eigenvalue weighted by Crippen LogP contribution is 2.24. The van der Waals surface area contributed by atoms with Gasteiger partial charge in [0.1, 0.15) is 12.4 Å². The summed E-state index contributed by atoms with van der Waals surface area (Å²) in [5.74, 6) is 0.856. The number of aromatic nitrogens is 2. The van der Waals surface area contributed by atoms with Gasteiger partial charge < -0.3 is 21.5 Å². The molecule has 0 radical (unpaired) electrons.